The van der Waals surface area contributed by atoms with Crippen LogP contribution >= 0.6 is 23.4 Å². The Morgan fingerprint density at radius 3 is 2.30 bits per heavy atom. The molecular weight excluding hydrogens is 465 g/mol. The van der Waals surface area contributed by atoms with Gasteiger partial charge in [-0.2, -0.15) is 0 Å². The summed E-state index contributed by atoms with van der Waals surface area (Å²) in [6, 6.07) is 18.6. The number of rotatable bonds is 8. The van der Waals surface area contributed by atoms with E-state index in [0.717, 1.165) is 28.5 Å². The van der Waals surface area contributed by atoms with Crippen LogP contribution in [0.25, 0.3) is 0 Å². The molecule has 1 aliphatic rings. The van der Waals surface area contributed by atoms with E-state index in [9.17, 15) is 14.0 Å². The fraction of sp³-hybridized carbons (Fsp3) is 0.200. The molecule has 0 radical (unpaired) electrons. The summed E-state index contributed by atoms with van der Waals surface area (Å²) >= 11 is 6.94. The van der Waals surface area contributed by atoms with Gasteiger partial charge in [-0.25, -0.2) is 4.39 Å². The van der Waals surface area contributed by atoms with Crippen molar-refractivity contribution in [3.05, 3.63) is 94.3 Å². The SMILES string of the molecule is COc1cc(C[C@@H]2SC(=O)N(Cc3ccc(Cl)cc3)C2=O)ccc1OCc1ccc(F)cc1. The number of ether oxygens (including phenoxy) is 2. The lowest BCUT2D eigenvalue weighted by molar-refractivity contribution is -0.127. The lowest BCUT2D eigenvalue weighted by atomic mass is 10.1. The van der Waals surface area contributed by atoms with Crippen molar-refractivity contribution in [1.29, 1.82) is 0 Å². The van der Waals surface area contributed by atoms with Crippen LogP contribution in [0.2, 0.25) is 5.02 Å². The molecule has 0 aliphatic carbocycles. The average molecular weight is 486 g/mol. The van der Waals surface area contributed by atoms with Crippen molar-refractivity contribution in [3.63, 3.8) is 0 Å². The fourth-order valence-corrected chi connectivity index (χ4v) is 4.61. The number of carbonyl (C=O) groups excluding carboxylic acids is 2. The highest BCUT2D eigenvalue weighted by molar-refractivity contribution is 8.15. The summed E-state index contributed by atoms with van der Waals surface area (Å²) in [7, 11) is 1.54. The van der Waals surface area contributed by atoms with Gasteiger partial charge in [0.15, 0.2) is 11.5 Å². The second-order valence-electron chi connectivity index (χ2n) is 7.53. The van der Waals surface area contributed by atoms with Gasteiger partial charge >= 0.3 is 0 Å². The number of hydrogen-bond acceptors (Lipinski definition) is 5. The van der Waals surface area contributed by atoms with E-state index in [1.807, 2.05) is 6.07 Å². The molecule has 0 unspecified atom stereocenters. The number of methoxy groups -OCH3 is 1. The van der Waals surface area contributed by atoms with E-state index in [1.165, 1.54) is 24.1 Å². The maximum Gasteiger partial charge on any atom is 0.289 e. The highest BCUT2D eigenvalue weighted by Gasteiger charge is 2.39. The van der Waals surface area contributed by atoms with Gasteiger partial charge in [-0.15, -0.1) is 0 Å². The molecule has 0 spiro atoms. The van der Waals surface area contributed by atoms with E-state index >= 15 is 0 Å². The van der Waals surface area contributed by atoms with Gasteiger partial charge in [-0.1, -0.05) is 53.7 Å². The molecule has 1 atom stereocenters. The first kappa shape index (κ1) is 23.1. The maximum atomic E-state index is 13.1. The van der Waals surface area contributed by atoms with Crippen molar-refractivity contribution < 1.29 is 23.5 Å². The summed E-state index contributed by atoms with van der Waals surface area (Å²) in [5.74, 6) is 0.548. The van der Waals surface area contributed by atoms with Gasteiger partial charge in [0.1, 0.15) is 12.4 Å². The standard InChI is InChI=1S/C25H21ClFNO4S/c1-31-22-12-18(6-11-21(22)32-15-17-4-9-20(27)10-5-17)13-23-24(29)28(25(30)33-23)14-16-2-7-19(26)8-3-16/h2-12,23H,13-15H2,1H3/t23-/m0/s1. The van der Waals surface area contributed by atoms with Gasteiger partial charge < -0.3 is 9.47 Å². The van der Waals surface area contributed by atoms with Crippen molar-refractivity contribution in [3.8, 4) is 11.5 Å². The van der Waals surface area contributed by atoms with Crippen LogP contribution < -0.4 is 9.47 Å². The quantitative estimate of drug-likeness (QED) is 0.399. The van der Waals surface area contributed by atoms with Crippen LogP contribution in [0.3, 0.4) is 0 Å². The summed E-state index contributed by atoms with van der Waals surface area (Å²) < 4.78 is 24.3. The molecular formula is C25H21ClFNO4S. The third kappa shape index (κ3) is 5.67. The van der Waals surface area contributed by atoms with Crippen LogP contribution in [0.1, 0.15) is 16.7 Å². The molecule has 0 aromatic heterocycles. The Hall–Kier alpha value is -3.03. The zero-order valence-corrected chi connectivity index (χ0v) is 19.4. The Kier molecular flexibility index (Phi) is 7.20. The zero-order valence-electron chi connectivity index (χ0n) is 17.8. The highest BCUT2D eigenvalue weighted by Crippen LogP contribution is 2.34. The number of nitrogens with zero attached hydrogens (tertiary/aromatic N) is 1. The molecule has 1 saturated heterocycles. The van der Waals surface area contributed by atoms with E-state index in [4.69, 9.17) is 21.1 Å². The predicted molar refractivity (Wildman–Crippen MR) is 126 cm³/mol. The van der Waals surface area contributed by atoms with E-state index in [1.54, 1.807) is 48.5 Å². The summed E-state index contributed by atoms with van der Waals surface area (Å²) in [6.07, 6.45) is 0.390. The molecule has 8 heteroatoms. The van der Waals surface area contributed by atoms with Crippen molar-refractivity contribution >= 4 is 34.5 Å². The topological polar surface area (TPSA) is 55.8 Å². The van der Waals surface area contributed by atoms with Gasteiger partial charge in [0.25, 0.3) is 5.24 Å². The van der Waals surface area contributed by atoms with Crippen molar-refractivity contribution in [2.75, 3.05) is 7.11 Å². The van der Waals surface area contributed by atoms with E-state index < -0.39 is 5.25 Å². The molecule has 4 rings (SSSR count). The molecule has 5 nitrogen and oxygen atoms in total. The Morgan fingerprint density at radius 2 is 1.61 bits per heavy atom. The molecule has 33 heavy (non-hydrogen) atoms. The minimum absolute atomic E-state index is 0.212. The monoisotopic (exact) mass is 485 g/mol. The van der Waals surface area contributed by atoms with Crippen molar-refractivity contribution in [2.45, 2.75) is 24.8 Å². The normalized spacial score (nSPS) is 15.7. The molecule has 3 aromatic rings. The van der Waals surface area contributed by atoms with Crippen LogP contribution in [0.15, 0.2) is 66.7 Å². The highest BCUT2D eigenvalue weighted by atomic mass is 35.5. The molecule has 0 bridgehead atoms. The van der Waals surface area contributed by atoms with E-state index in [-0.39, 0.29) is 30.1 Å². The van der Waals surface area contributed by atoms with Gasteiger partial charge in [-0.05, 0) is 59.5 Å². The molecule has 170 valence electrons. The third-order valence-electron chi connectivity index (χ3n) is 5.22. The summed E-state index contributed by atoms with van der Waals surface area (Å²) in [6.45, 7) is 0.485. The van der Waals surface area contributed by atoms with Crippen LogP contribution in [0.5, 0.6) is 11.5 Å². The summed E-state index contributed by atoms with van der Waals surface area (Å²) in [5.41, 5.74) is 2.52. The fourth-order valence-electron chi connectivity index (χ4n) is 3.46. The molecule has 3 aromatic carbocycles. The number of thioether (sulfide) groups is 1. The molecule has 0 N–H and O–H groups in total. The lowest BCUT2D eigenvalue weighted by Crippen LogP contribution is -2.31. The Morgan fingerprint density at radius 1 is 0.939 bits per heavy atom. The zero-order chi connectivity index (χ0) is 23.4. The first-order valence-corrected chi connectivity index (χ1v) is 11.5. The van der Waals surface area contributed by atoms with Gasteiger partial charge in [0.2, 0.25) is 5.91 Å². The van der Waals surface area contributed by atoms with Crippen LogP contribution in [-0.2, 0) is 24.4 Å². The maximum absolute atomic E-state index is 13.1. The number of carbonyl (C=O) groups is 2. The minimum atomic E-state index is -0.500. The summed E-state index contributed by atoms with van der Waals surface area (Å²) in [5, 5.41) is -0.157. The van der Waals surface area contributed by atoms with Gasteiger partial charge in [0.05, 0.1) is 18.9 Å². The largest absolute Gasteiger partial charge is 0.493 e. The lowest BCUT2D eigenvalue weighted by Gasteiger charge is -2.15. The predicted octanol–water partition coefficient (Wildman–Crippen LogP) is 5.87. The number of imide groups is 1. The van der Waals surface area contributed by atoms with Crippen molar-refractivity contribution in [2.24, 2.45) is 0 Å². The molecule has 0 saturated carbocycles. The van der Waals surface area contributed by atoms with Crippen LogP contribution in [0.4, 0.5) is 9.18 Å². The Balaban J connectivity index is 1.40. The van der Waals surface area contributed by atoms with Crippen LogP contribution in [-0.4, -0.2) is 28.4 Å². The molecule has 1 heterocycles. The number of halogens is 2. The minimum Gasteiger partial charge on any atom is -0.493 e. The Bertz CT molecular complexity index is 1150. The smallest absolute Gasteiger partial charge is 0.289 e. The second kappa shape index (κ2) is 10.3. The van der Waals surface area contributed by atoms with Crippen molar-refractivity contribution in [1.82, 2.24) is 4.90 Å². The second-order valence-corrected chi connectivity index (χ2v) is 9.12. The first-order valence-electron chi connectivity index (χ1n) is 10.2. The molecule has 2 amide bonds. The first-order chi connectivity index (χ1) is 15.9. The molecule has 1 aliphatic heterocycles. The number of hydrogen-bond donors (Lipinski definition) is 0. The summed E-state index contributed by atoms with van der Waals surface area (Å²) in [4.78, 5) is 26.6. The van der Waals surface area contributed by atoms with E-state index in [0.29, 0.717) is 22.9 Å². The van der Waals surface area contributed by atoms with Gasteiger partial charge in [0, 0.05) is 5.02 Å². The average Bonchev–Trinajstić information content (AvgIpc) is 3.07. The Labute approximate surface area is 200 Å². The molecule has 1 fully saturated rings. The van der Waals surface area contributed by atoms with E-state index in [2.05, 4.69) is 0 Å². The van der Waals surface area contributed by atoms with Gasteiger partial charge in [-0.3, -0.25) is 14.5 Å². The number of amides is 2. The number of benzene rings is 3. The van der Waals surface area contributed by atoms with Crippen LogP contribution in [0, 0.1) is 5.82 Å². The third-order valence-corrected chi connectivity index (χ3v) is 6.54.